The molecule has 0 aromatic carbocycles. The van der Waals surface area contributed by atoms with E-state index in [1.807, 2.05) is 6.20 Å². The molecule has 12 N–H and O–H groups in total. The fourth-order valence-electron chi connectivity index (χ4n) is 2.67. The van der Waals surface area contributed by atoms with Crippen molar-refractivity contribution < 1.29 is 20.1 Å². The van der Waals surface area contributed by atoms with Crippen molar-refractivity contribution in [3.63, 3.8) is 0 Å². The highest BCUT2D eigenvalue weighted by Gasteiger charge is 2.14. The summed E-state index contributed by atoms with van der Waals surface area (Å²) in [5.41, 5.74) is 2.01. The summed E-state index contributed by atoms with van der Waals surface area (Å²) in [5.74, 6) is 0. The molecule has 1 aromatic heterocycles. The molecule has 0 saturated carbocycles. The number of nitrogens with zero attached hydrogens (tertiary/aromatic N) is 1. The Morgan fingerprint density at radius 1 is 0.946 bits per heavy atom. The Morgan fingerprint density at radius 3 is 2.05 bits per heavy atom. The van der Waals surface area contributed by atoms with Crippen LogP contribution in [0, 0.1) is 0 Å². The van der Waals surface area contributed by atoms with Gasteiger partial charge in [-0.25, -0.2) is 4.98 Å². The Hall–Kier alpha value is -0.260. The van der Waals surface area contributed by atoms with Crippen molar-refractivity contribution in [2.75, 3.05) is 26.2 Å². The van der Waals surface area contributed by atoms with Crippen LogP contribution in [0.3, 0.4) is 0 Å². The van der Waals surface area contributed by atoms with E-state index in [4.69, 9.17) is 20.1 Å². The lowest BCUT2D eigenvalue weighted by atomic mass is 9.85. The van der Waals surface area contributed by atoms with Crippen LogP contribution in [-0.2, 0) is 6.42 Å². The van der Waals surface area contributed by atoms with E-state index in [-0.39, 0.29) is 6.04 Å². The van der Waals surface area contributed by atoms with E-state index in [2.05, 4.69) is 74.3 Å². The maximum atomic E-state index is 9.16. The summed E-state index contributed by atoms with van der Waals surface area (Å²) in [7, 11) is 5.07. The molecule has 0 saturated heterocycles. The van der Waals surface area contributed by atoms with Gasteiger partial charge in [0.1, 0.15) is 0 Å². The molecule has 0 radical (unpaired) electrons. The molecular formula is C17H48B4N9O4P3. The molecule has 0 bridgehead atoms. The fourth-order valence-corrected chi connectivity index (χ4v) is 3.12. The average Bonchev–Trinajstić information content (AvgIpc) is 3.35. The van der Waals surface area contributed by atoms with Crippen molar-refractivity contribution in [3.8, 4) is 0 Å². The fraction of sp³-hybridized carbons (Fsp3) is 0.706. The van der Waals surface area contributed by atoms with Gasteiger partial charge in [-0.3, -0.25) is 0 Å². The minimum absolute atomic E-state index is 0.151. The van der Waals surface area contributed by atoms with Crippen LogP contribution in [-0.4, -0.2) is 90.5 Å². The van der Waals surface area contributed by atoms with E-state index in [1.54, 1.807) is 39.8 Å². The lowest BCUT2D eigenvalue weighted by molar-refractivity contribution is 0.477. The monoisotopic (exact) mass is 579 g/mol. The number of aromatic amines is 1. The van der Waals surface area contributed by atoms with E-state index in [0.29, 0.717) is 6.54 Å². The van der Waals surface area contributed by atoms with Gasteiger partial charge in [0.05, 0.1) is 6.33 Å². The molecule has 0 aliphatic carbocycles. The number of imidazole rings is 1. The van der Waals surface area contributed by atoms with Gasteiger partial charge < -0.3 is 61.3 Å². The maximum Gasteiger partial charge on any atom is 0.406 e. The lowest BCUT2D eigenvalue weighted by Gasteiger charge is -2.20. The quantitative estimate of drug-likeness (QED) is 0.0669. The van der Waals surface area contributed by atoms with E-state index in [0.717, 1.165) is 44.6 Å². The number of H-pyrrole nitrogens is 1. The Bertz CT molecular complexity index is 643. The van der Waals surface area contributed by atoms with Gasteiger partial charge in [-0.2, -0.15) is 0 Å². The molecule has 212 valence electrons. The minimum Gasteiger partial charge on any atom is -0.437 e. The number of hydrogen-bond donors (Lipinski definition) is 12. The summed E-state index contributed by atoms with van der Waals surface area (Å²) in [6, 6.07) is 0.151. The molecule has 0 aliphatic rings. The molecule has 0 amide bonds. The minimum atomic E-state index is -0.596. The Kier molecular flexibility index (Phi) is 28.7. The van der Waals surface area contributed by atoms with Gasteiger partial charge in [0.2, 0.25) is 0 Å². The molecule has 13 nitrogen and oxygen atoms in total. The first-order valence-corrected chi connectivity index (χ1v) is 14.0. The highest BCUT2D eigenvalue weighted by molar-refractivity contribution is 7.14. The number of hydrogen-bond acceptors (Lipinski definition) is 12. The zero-order valence-electron chi connectivity index (χ0n) is 22.5. The molecule has 1 heterocycles. The normalized spacial score (nSPS) is 11.4. The predicted octanol–water partition coefficient (Wildman–Crippen LogP) is -2.15. The summed E-state index contributed by atoms with van der Waals surface area (Å²) in [6.45, 7) is 9.85. The molecule has 1 aromatic rings. The van der Waals surface area contributed by atoms with Gasteiger partial charge in [-0.15, -0.1) is 0 Å². The Morgan fingerprint density at radius 2 is 1.59 bits per heavy atom. The summed E-state index contributed by atoms with van der Waals surface area (Å²) in [5, 5.41) is 56.7. The van der Waals surface area contributed by atoms with Crippen LogP contribution in [0.25, 0.3) is 0 Å². The smallest absolute Gasteiger partial charge is 0.406 e. The van der Waals surface area contributed by atoms with Crippen LogP contribution in [0.15, 0.2) is 24.4 Å². The first kappa shape index (κ1) is 38.9. The van der Waals surface area contributed by atoms with Crippen molar-refractivity contribution in [2.24, 2.45) is 0 Å². The molecule has 4 unspecified atom stereocenters. The van der Waals surface area contributed by atoms with E-state index < -0.39 is 28.2 Å². The number of nitrogens with one attached hydrogen (secondary N) is 8. The molecule has 0 aliphatic heterocycles. The van der Waals surface area contributed by atoms with Crippen molar-refractivity contribution in [3.05, 3.63) is 30.1 Å². The van der Waals surface area contributed by atoms with Crippen LogP contribution in [0.4, 0.5) is 0 Å². The highest BCUT2D eigenvalue weighted by atomic mass is 31.0. The second kappa shape index (κ2) is 27.3. The Labute approximate surface area is 231 Å². The highest BCUT2D eigenvalue weighted by Crippen LogP contribution is 1.96. The van der Waals surface area contributed by atoms with Crippen molar-refractivity contribution >= 4 is 56.4 Å². The number of aromatic nitrogens is 2. The van der Waals surface area contributed by atoms with Crippen LogP contribution in [0.5, 0.6) is 0 Å². The van der Waals surface area contributed by atoms with Gasteiger partial charge in [-0.05, 0) is 33.7 Å². The van der Waals surface area contributed by atoms with E-state index in [1.165, 1.54) is 5.69 Å². The van der Waals surface area contributed by atoms with Gasteiger partial charge in [0, 0.05) is 68.9 Å². The van der Waals surface area contributed by atoms with Gasteiger partial charge in [-0.1, -0.05) is 28.2 Å². The second-order valence-corrected chi connectivity index (χ2v) is 9.41. The van der Waals surface area contributed by atoms with Crippen molar-refractivity contribution in [2.45, 2.75) is 52.6 Å². The average molecular weight is 579 g/mol. The van der Waals surface area contributed by atoms with Crippen molar-refractivity contribution in [1.29, 1.82) is 0 Å². The molecule has 0 spiro atoms. The molecule has 37 heavy (non-hydrogen) atoms. The molecule has 20 heteroatoms. The van der Waals surface area contributed by atoms with Crippen LogP contribution in [0.1, 0.15) is 18.5 Å². The van der Waals surface area contributed by atoms with Crippen LogP contribution < -0.4 is 36.2 Å². The third-order valence-corrected chi connectivity index (χ3v) is 5.16. The van der Waals surface area contributed by atoms with Gasteiger partial charge >= 0.3 is 28.2 Å². The van der Waals surface area contributed by atoms with Crippen LogP contribution in [0.2, 0.25) is 27.3 Å². The SMILES string of the molecule is CB(O)N/C=C(/CCNP)NB(C)O.CB(O)NCC(CCNP)NB(C)O.PNCCc1cnc[nH]1. The van der Waals surface area contributed by atoms with E-state index >= 15 is 0 Å². The first-order chi connectivity index (χ1) is 17.5. The molecule has 4 atom stereocenters. The third kappa shape index (κ3) is 30.1. The first-order valence-electron chi connectivity index (χ1n) is 12.3. The van der Waals surface area contributed by atoms with E-state index in [9.17, 15) is 0 Å². The zero-order valence-corrected chi connectivity index (χ0v) is 26.0. The Balaban J connectivity index is 0. The zero-order chi connectivity index (χ0) is 28.5. The van der Waals surface area contributed by atoms with Gasteiger partial charge in [0.15, 0.2) is 0 Å². The lowest BCUT2D eigenvalue weighted by Crippen LogP contribution is -2.49. The predicted molar refractivity (Wildman–Crippen MR) is 169 cm³/mol. The third-order valence-electron chi connectivity index (χ3n) is 4.30. The summed E-state index contributed by atoms with van der Waals surface area (Å²) < 4.78 is 0. The molecule has 0 fully saturated rings. The number of rotatable bonds is 18. The summed E-state index contributed by atoms with van der Waals surface area (Å²) in [4.78, 5) is 6.90. The maximum absolute atomic E-state index is 9.16. The molecule has 1 rings (SSSR count). The second-order valence-electron chi connectivity index (χ2n) is 8.18. The summed E-state index contributed by atoms with van der Waals surface area (Å²) in [6.07, 6.45) is 7.82. The van der Waals surface area contributed by atoms with Gasteiger partial charge in [0.25, 0.3) is 0 Å². The molecular weight excluding hydrogens is 530 g/mol. The summed E-state index contributed by atoms with van der Waals surface area (Å²) >= 11 is 0. The van der Waals surface area contributed by atoms with Crippen molar-refractivity contribution in [1.82, 2.24) is 46.1 Å². The van der Waals surface area contributed by atoms with Crippen LogP contribution >= 0.6 is 28.2 Å². The standard InChI is InChI=1S/C6H20B2N3O2P.C6H18B2N3O2P.C5H10N3P/c2*1-7(12)9-5-6(3-4-10-14)11-8(2)13;9-8-2-1-5-3-6-4-7-5/h6,9-13H,3-5,14H2,1-2H3;5,9-13H,3-4,14H2,1-2H3;3-4,8H,1-2,9H2,(H,6,7)/b;6-5-;. The largest absolute Gasteiger partial charge is 0.437 e. The topological polar surface area (TPSA) is 194 Å².